The van der Waals surface area contributed by atoms with E-state index in [0.29, 0.717) is 13.2 Å². The maximum absolute atomic E-state index is 12.4. The Morgan fingerprint density at radius 1 is 1.06 bits per heavy atom. The molecule has 168 valence electrons. The number of ether oxygens (including phenoxy) is 2. The molecule has 4 rings (SSSR count). The van der Waals surface area contributed by atoms with Crippen LogP contribution in [0.2, 0.25) is 0 Å². The van der Waals surface area contributed by atoms with Crippen LogP contribution in [-0.4, -0.2) is 67.4 Å². The van der Waals surface area contributed by atoms with Gasteiger partial charge >= 0.3 is 12.1 Å². The summed E-state index contributed by atoms with van der Waals surface area (Å²) in [6.45, 7) is 1.17. The third-order valence-electron chi connectivity index (χ3n) is 5.92. The minimum atomic E-state index is -0.985. The van der Waals surface area contributed by atoms with E-state index in [2.05, 4.69) is 29.6 Å². The van der Waals surface area contributed by atoms with Crippen molar-refractivity contribution in [2.24, 2.45) is 5.92 Å². The van der Waals surface area contributed by atoms with Crippen LogP contribution in [0.4, 0.5) is 4.79 Å². The highest BCUT2D eigenvalue weighted by Gasteiger charge is 2.29. The summed E-state index contributed by atoms with van der Waals surface area (Å²) in [4.78, 5) is 37.3. The number of hydrogen-bond donors (Lipinski definition) is 2. The maximum atomic E-state index is 12.4. The topological polar surface area (TPSA) is 105 Å². The van der Waals surface area contributed by atoms with Gasteiger partial charge in [0, 0.05) is 32.0 Å². The molecule has 1 atom stereocenters. The second-order valence-electron chi connectivity index (χ2n) is 7.95. The van der Waals surface area contributed by atoms with Gasteiger partial charge in [-0.2, -0.15) is 0 Å². The van der Waals surface area contributed by atoms with Crippen LogP contribution in [0.1, 0.15) is 23.5 Å². The molecule has 2 amide bonds. The first-order valence-electron chi connectivity index (χ1n) is 10.7. The number of carbonyl (C=O) groups is 3. The fourth-order valence-corrected chi connectivity index (χ4v) is 4.27. The fraction of sp³-hybridized carbons (Fsp3) is 0.375. The Morgan fingerprint density at radius 2 is 1.72 bits per heavy atom. The maximum Gasteiger partial charge on any atom is 0.407 e. The lowest BCUT2D eigenvalue weighted by Gasteiger charge is -2.22. The summed E-state index contributed by atoms with van der Waals surface area (Å²) in [5, 5.41) is 11.8. The van der Waals surface area contributed by atoms with E-state index in [1.807, 2.05) is 24.3 Å². The predicted octanol–water partition coefficient (Wildman–Crippen LogP) is 2.47. The number of nitrogens with zero attached hydrogens (tertiary/aromatic N) is 1. The molecule has 0 saturated carbocycles. The normalized spacial score (nSPS) is 17.8. The molecular weight excluding hydrogens is 412 g/mol. The zero-order valence-corrected chi connectivity index (χ0v) is 17.7. The van der Waals surface area contributed by atoms with Crippen LogP contribution in [0.5, 0.6) is 0 Å². The number of nitrogens with one attached hydrogen (secondary N) is 1. The third kappa shape index (κ3) is 4.75. The average molecular weight is 438 g/mol. The molecule has 8 nitrogen and oxygen atoms in total. The highest BCUT2D eigenvalue weighted by molar-refractivity contribution is 5.80. The Morgan fingerprint density at radius 3 is 2.38 bits per heavy atom. The van der Waals surface area contributed by atoms with Crippen LogP contribution in [0.25, 0.3) is 11.1 Å². The first-order chi connectivity index (χ1) is 15.5. The highest BCUT2D eigenvalue weighted by Crippen LogP contribution is 2.44. The van der Waals surface area contributed by atoms with Gasteiger partial charge in [-0.15, -0.1) is 0 Å². The number of amides is 2. The number of aliphatic carboxylic acids is 1. The standard InChI is InChI=1S/C24H26N2O6/c27-22(26-11-12-31-14-16(13-26)23(28)29)9-10-25-24(30)32-15-21-19-7-3-1-5-17(19)18-6-2-4-8-20(18)21/h1-8,16,21H,9-15H2,(H,25,30)(H,28,29). The number of alkyl carbamates (subject to hydrolysis) is 1. The molecule has 1 unspecified atom stereocenters. The number of fused-ring (bicyclic) bond motifs is 3. The van der Waals surface area contributed by atoms with E-state index in [0.717, 1.165) is 22.3 Å². The predicted molar refractivity (Wildman–Crippen MR) is 116 cm³/mol. The zero-order valence-electron chi connectivity index (χ0n) is 17.7. The smallest absolute Gasteiger partial charge is 0.407 e. The van der Waals surface area contributed by atoms with Crippen LogP contribution >= 0.6 is 0 Å². The molecule has 1 saturated heterocycles. The van der Waals surface area contributed by atoms with Gasteiger partial charge in [-0.3, -0.25) is 9.59 Å². The van der Waals surface area contributed by atoms with Gasteiger partial charge in [0.15, 0.2) is 0 Å². The number of carbonyl (C=O) groups excluding carboxylic acids is 2. The molecule has 2 aliphatic rings. The number of hydrogen-bond acceptors (Lipinski definition) is 5. The van der Waals surface area contributed by atoms with Crippen LogP contribution in [0.15, 0.2) is 48.5 Å². The van der Waals surface area contributed by atoms with Crippen molar-refractivity contribution in [2.75, 3.05) is 39.5 Å². The van der Waals surface area contributed by atoms with Crippen LogP contribution in [0, 0.1) is 5.92 Å². The van der Waals surface area contributed by atoms with Gasteiger partial charge in [-0.25, -0.2) is 4.79 Å². The summed E-state index contributed by atoms with van der Waals surface area (Å²) in [5.74, 6) is -1.97. The van der Waals surface area contributed by atoms with Gasteiger partial charge in [0.2, 0.25) is 5.91 Å². The second kappa shape index (κ2) is 9.82. The molecule has 8 heteroatoms. The average Bonchev–Trinajstić information content (AvgIpc) is 2.93. The first kappa shape index (κ1) is 21.8. The van der Waals surface area contributed by atoms with Gasteiger partial charge < -0.3 is 24.8 Å². The Balaban J connectivity index is 1.26. The molecule has 0 bridgehead atoms. The van der Waals surface area contributed by atoms with Crippen molar-refractivity contribution in [3.63, 3.8) is 0 Å². The summed E-state index contributed by atoms with van der Waals surface area (Å²) in [5.41, 5.74) is 4.58. The van der Waals surface area contributed by atoms with Crippen LogP contribution < -0.4 is 5.32 Å². The first-order valence-corrected chi connectivity index (χ1v) is 10.7. The van der Waals surface area contributed by atoms with Crippen molar-refractivity contribution in [2.45, 2.75) is 12.3 Å². The Bertz CT molecular complexity index is 962. The van der Waals surface area contributed by atoms with Crippen LogP contribution in [-0.2, 0) is 19.1 Å². The van der Waals surface area contributed by atoms with Crippen LogP contribution in [0.3, 0.4) is 0 Å². The van der Waals surface area contributed by atoms with E-state index in [9.17, 15) is 19.5 Å². The lowest BCUT2D eigenvalue weighted by atomic mass is 9.98. The molecule has 0 radical (unpaired) electrons. The largest absolute Gasteiger partial charge is 0.481 e. The molecule has 0 spiro atoms. The highest BCUT2D eigenvalue weighted by atomic mass is 16.5. The number of carboxylic acid groups (broad SMARTS) is 1. The Labute approximate surface area is 186 Å². The van der Waals surface area contributed by atoms with E-state index in [-0.39, 0.29) is 44.5 Å². The zero-order chi connectivity index (χ0) is 22.5. The summed E-state index contributed by atoms with van der Waals surface area (Å²) in [6, 6.07) is 16.2. The molecule has 1 fully saturated rings. The molecular formula is C24H26N2O6. The van der Waals surface area contributed by atoms with Crippen molar-refractivity contribution in [3.8, 4) is 11.1 Å². The minimum absolute atomic E-state index is 0.0279. The van der Waals surface area contributed by atoms with Crippen molar-refractivity contribution in [1.29, 1.82) is 0 Å². The molecule has 1 heterocycles. The lowest BCUT2D eigenvalue weighted by molar-refractivity contribution is -0.144. The number of carboxylic acids is 1. The fourth-order valence-electron chi connectivity index (χ4n) is 4.27. The van der Waals surface area contributed by atoms with E-state index >= 15 is 0 Å². The molecule has 2 N–H and O–H groups in total. The minimum Gasteiger partial charge on any atom is -0.481 e. The van der Waals surface area contributed by atoms with Crippen molar-refractivity contribution in [3.05, 3.63) is 59.7 Å². The Kier molecular flexibility index (Phi) is 6.70. The molecule has 1 aliphatic heterocycles. The SMILES string of the molecule is O=C(NCCC(=O)N1CCOCC(C(=O)O)C1)OCC1c2ccccc2-c2ccccc21. The van der Waals surface area contributed by atoms with E-state index in [1.165, 1.54) is 4.90 Å². The molecule has 1 aliphatic carbocycles. The van der Waals surface area contributed by atoms with E-state index < -0.39 is 18.0 Å². The number of benzene rings is 2. The van der Waals surface area contributed by atoms with Gasteiger partial charge in [-0.1, -0.05) is 48.5 Å². The summed E-state index contributed by atoms with van der Waals surface area (Å²) in [6.07, 6.45) is -0.515. The van der Waals surface area contributed by atoms with Gasteiger partial charge in [0.1, 0.15) is 6.61 Å². The quantitative estimate of drug-likeness (QED) is 0.718. The summed E-state index contributed by atoms with van der Waals surface area (Å²) in [7, 11) is 0. The molecule has 32 heavy (non-hydrogen) atoms. The lowest BCUT2D eigenvalue weighted by Crippen LogP contribution is -2.39. The van der Waals surface area contributed by atoms with Crippen molar-refractivity contribution in [1.82, 2.24) is 10.2 Å². The summed E-state index contributed by atoms with van der Waals surface area (Å²) < 4.78 is 10.7. The third-order valence-corrected chi connectivity index (χ3v) is 5.92. The van der Waals surface area contributed by atoms with Crippen molar-refractivity contribution >= 4 is 18.0 Å². The van der Waals surface area contributed by atoms with Crippen molar-refractivity contribution < 1.29 is 29.0 Å². The van der Waals surface area contributed by atoms with Gasteiger partial charge in [0.05, 0.1) is 19.1 Å². The van der Waals surface area contributed by atoms with Gasteiger partial charge in [0.25, 0.3) is 0 Å². The van der Waals surface area contributed by atoms with E-state index in [4.69, 9.17) is 9.47 Å². The molecule has 0 aromatic heterocycles. The summed E-state index contributed by atoms with van der Waals surface area (Å²) >= 11 is 0. The monoisotopic (exact) mass is 438 g/mol. The Hall–Kier alpha value is -3.39. The van der Waals surface area contributed by atoms with Gasteiger partial charge in [-0.05, 0) is 22.3 Å². The number of rotatable bonds is 6. The molecule has 2 aromatic rings. The van der Waals surface area contributed by atoms with E-state index in [1.54, 1.807) is 0 Å². The second-order valence-corrected chi connectivity index (χ2v) is 7.95. The molecule has 2 aromatic carbocycles.